The van der Waals surface area contributed by atoms with Gasteiger partial charge in [0.1, 0.15) is 33.9 Å². The monoisotopic (exact) mass is 1260 g/mol. The summed E-state index contributed by atoms with van der Waals surface area (Å²) in [5, 5.41) is 0. The first kappa shape index (κ1) is 66.2. The Hall–Kier alpha value is -11.3. The number of pyridine rings is 7. The van der Waals surface area contributed by atoms with Crippen molar-refractivity contribution >= 4 is 33.1 Å². The lowest BCUT2D eigenvalue weighted by Crippen LogP contribution is -2.46. The molecule has 4 fully saturated rings. The maximum Gasteiger partial charge on any atom is 0.212 e. The number of benzene rings is 1. The van der Waals surface area contributed by atoms with Gasteiger partial charge in [-0.05, 0) is 127 Å². The number of hydrogen-bond donors (Lipinski definition) is 0. The molecule has 0 spiro atoms. The number of sulfone groups is 1. The third kappa shape index (κ3) is 20.6. The first-order chi connectivity index (χ1) is 45.3. The van der Waals surface area contributed by atoms with Crippen molar-refractivity contribution in [3.8, 4) is 47.4 Å². The van der Waals surface area contributed by atoms with E-state index in [2.05, 4.69) is 143 Å². The molecule has 470 valence electrons. The SMILES string of the molecule is C=C(C#Cc1ccc(F)nc1)N1CCN(c2ccccn2)CC1.C=C(C#Cc1ccccc1)N1CCN(c2ncccc2S(C)(=O)=O)CC1.C=C(C#Cc1ccccn1)N1CCN(c2ccccn2)CC1.C=C(C#Cc1cccnc1)N1CCN(c2ccccn2)CC1. The topological polar surface area (TPSA) is 150 Å². The number of halogens is 1. The fourth-order valence-corrected chi connectivity index (χ4v) is 10.9. The summed E-state index contributed by atoms with van der Waals surface area (Å²) in [6.07, 6.45) is 15.0. The normalized spacial score (nSPS) is 14.3. The number of allylic oxidation sites excluding steroid dienone is 4. The fourth-order valence-electron chi connectivity index (χ4n) is 10.1. The van der Waals surface area contributed by atoms with Gasteiger partial charge in [-0.15, -0.1) is 0 Å². The number of nitrogens with zero attached hydrogens (tertiary/aromatic N) is 15. The standard InChI is InChI=1S/C20H21N3O2S.C18H17FN4.2C18H18N4/c1-17(10-11-18-7-4-3-5-8-18)22-13-15-23(16-14-22)20-19(26(2,24)25)9-6-12-21-20;1-15(5-6-16-7-8-17(19)21-14-16)22-10-12-23(13-11-22)18-4-2-3-9-20-18;1-16(8-9-17-6-2-4-10-19-17)21-12-14-22(15-13-21)18-7-3-5-11-20-18;1-16(7-8-17-5-4-9-19-15-17)21-11-13-22(14-12-21)18-6-2-3-10-20-18/h3-9,12H,1,13-16H2,2H3;2-4,7-9,14H,1,10-13H2;2-7,10-11H,1,12-15H2;2-6,9-10,15H,1,11-14H2. The van der Waals surface area contributed by atoms with E-state index in [4.69, 9.17) is 0 Å². The molecule has 0 atom stereocenters. The van der Waals surface area contributed by atoms with Crippen LogP contribution in [0.4, 0.5) is 27.7 Å². The van der Waals surface area contributed by atoms with Gasteiger partial charge in [0.2, 0.25) is 5.95 Å². The molecule has 4 aliphatic rings. The first-order valence-electron chi connectivity index (χ1n) is 30.5. The number of rotatable bonds is 9. The average molecular weight is 1260 g/mol. The van der Waals surface area contributed by atoms with Crippen LogP contribution >= 0.6 is 0 Å². The van der Waals surface area contributed by atoms with Gasteiger partial charge in [-0.3, -0.25) is 4.98 Å². The third-order valence-corrected chi connectivity index (χ3v) is 16.3. The molecule has 0 amide bonds. The number of hydrogen-bond acceptors (Lipinski definition) is 17. The molecule has 4 aliphatic heterocycles. The van der Waals surface area contributed by atoms with Gasteiger partial charge in [-0.25, -0.2) is 38.3 Å². The Balaban J connectivity index is 0.000000147. The highest BCUT2D eigenvalue weighted by Crippen LogP contribution is 2.25. The lowest BCUT2D eigenvalue weighted by molar-refractivity contribution is 0.332. The summed E-state index contributed by atoms with van der Waals surface area (Å²) < 4.78 is 36.7. The fraction of sp³-hybridized carbons (Fsp3) is 0.230. The van der Waals surface area contributed by atoms with E-state index in [1.54, 1.807) is 43.0 Å². The van der Waals surface area contributed by atoms with Crippen LogP contribution in [0.3, 0.4) is 0 Å². The smallest absolute Gasteiger partial charge is 0.212 e. The van der Waals surface area contributed by atoms with E-state index in [0.29, 0.717) is 24.5 Å². The van der Waals surface area contributed by atoms with Gasteiger partial charge in [-0.1, -0.05) is 86.5 Å². The van der Waals surface area contributed by atoms with Crippen LogP contribution in [0.25, 0.3) is 0 Å². The first-order valence-corrected chi connectivity index (χ1v) is 32.4. The lowest BCUT2D eigenvalue weighted by Gasteiger charge is -2.36. The highest BCUT2D eigenvalue weighted by Gasteiger charge is 2.25. The van der Waals surface area contributed by atoms with Crippen LogP contribution in [0.15, 0.2) is 243 Å². The molecule has 4 saturated heterocycles. The summed E-state index contributed by atoms with van der Waals surface area (Å²) in [6.45, 7) is 29.9. The molecular formula is C74H74FN15O2S. The van der Waals surface area contributed by atoms with Crippen molar-refractivity contribution in [2.45, 2.75) is 4.90 Å². The Kier molecular flexibility index (Phi) is 24.3. The molecule has 0 N–H and O–H groups in total. The van der Waals surface area contributed by atoms with Gasteiger partial charge in [-0.2, -0.15) is 4.39 Å². The van der Waals surface area contributed by atoms with Crippen LogP contribution in [0, 0.1) is 53.3 Å². The minimum Gasteiger partial charge on any atom is -0.362 e. The van der Waals surface area contributed by atoms with Gasteiger partial charge in [0.15, 0.2) is 9.84 Å². The second-order valence-electron chi connectivity index (χ2n) is 21.5. The van der Waals surface area contributed by atoms with Crippen molar-refractivity contribution < 1.29 is 12.8 Å². The van der Waals surface area contributed by atoms with Crippen molar-refractivity contribution in [3.63, 3.8) is 0 Å². The molecule has 0 radical (unpaired) electrons. The quantitative estimate of drug-likeness (QED) is 0.1000. The second-order valence-corrected chi connectivity index (χ2v) is 23.5. The van der Waals surface area contributed by atoms with E-state index in [0.717, 1.165) is 149 Å². The maximum atomic E-state index is 12.8. The van der Waals surface area contributed by atoms with Gasteiger partial charge in [0.05, 0.1) is 22.8 Å². The van der Waals surface area contributed by atoms with Crippen molar-refractivity contribution in [2.24, 2.45) is 0 Å². The summed E-state index contributed by atoms with van der Waals surface area (Å²) in [5.41, 5.74) is 6.59. The lowest BCUT2D eigenvalue weighted by atomic mass is 10.2. The molecular weight excluding hydrogens is 1180 g/mol. The minimum atomic E-state index is -3.31. The average Bonchev–Trinajstić information content (AvgIpc) is 1.24. The van der Waals surface area contributed by atoms with E-state index >= 15 is 0 Å². The zero-order valence-corrected chi connectivity index (χ0v) is 53.2. The van der Waals surface area contributed by atoms with Crippen LogP contribution in [-0.2, 0) is 9.84 Å². The number of piperazine rings is 4. The molecule has 1 aromatic carbocycles. The summed E-state index contributed by atoms with van der Waals surface area (Å²) in [4.78, 5) is 47.1. The van der Waals surface area contributed by atoms with E-state index in [9.17, 15) is 12.8 Å². The number of anilines is 4. The molecule has 0 aliphatic carbocycles. The van der Waals surface area contributed by atoms with Crippen LogP contribution < -0.4 is 19.6 Å². The Bertz CT molecular complexity index is 3990. The van der Waals surface area contributed by atoms with Crippen molar-refractivity contribution in [3.05, 3.63) is 267 Å². The Labute approximate surface area is 547 Å². The molecule has 0 unspecified atom stereocenters. The Morgan fingerprint density at radius 2 is 0.763 bits per heavy atom. The van der Waals surface area contributed by atoms with Crippen LogP contribution in [0.2, 0.25) is 0 Å². The molecule has 12 rings (SSSR count). The van der Waals surface area contributed by atoms with Gasteiger partial charge in [0.25, 0.3) is 0 Å². The largest absolute Gasteiger partial charge is 0.362 e. The van der Waals surface area contributed by atoms with E-state index in [-0.39, 0.29) is 4.90 Å². The number of aromatic nitrogens is 7. The highest BCUT2D eigenvalue weighted by molar-refractivity contribution is 7.90. The predicted molar refractivity (Wildman–Crippen MR) is 368 cm³/mol. The Morgan fingerprint density at radius 1 is 0.376 bits per heavy atom. The predicted octanol–water partition coefficient (Wildman–Crippen LogP) is 8.80. The summed E-state index contributed by atoms with van der Waals surface area (Å²) in [6, 6.07) is 43.5. The molecule has 0 saturated carbocycles. The zero-order valence-electron chi connectivity index (χ0n) is 52.4. The second kappa shape index (κ2) is 34.1. The molecule has 0 bridgehead atoms. The van der Waals surface area contributed by atoms with E-state index < -0.39 is 15.8 Å². The van der Waals surface area contributed by atoms with Gasteiger partial charge in [0, 0.05) is 177 Å². The third-order valence-electron chi connectivity index (χ3n) is 15.2. The van der Waals surface area contributed by atoms with Gasteiger partial charge < -0.3 is 39.2 Å². The zero-order chi connectivity index (χ0) is 65.0. The van der Waals surface area contributed by atoms with Crippen LogP contribution in [-0.4, -0.2) is 174 Å². The molecule has 17 nitrogen and oxygen atoms in total. The van der Waals surface area contributed by atoms with Crippen molar-refractivity contribution in [1.29, 1.82) is 0 Å². The molecule has 7 aromatic heterocycles. The van der Waals surface area contributed by atoms with Crippen molar-refractivity contribution in [2.75, 3.05) is 131 Å². The molecule has 19 heteroatoms. The van der Waals surface area contributed by atoms with Gasteiger partial charge >= 0.3 is 0 Å². The maximum absolute atomic E-state index is 12.8. The molecule has 11 heterocycles. The Morgan fingerprint density at radius 3 is 1.16 bits per heavy atom. The molecule has 8 aromatic rings. The van der Waals surface area contributed by atoms with Crippen molar-refractivity contribution in [1.82, 2.24) is 54.5 Å². The van der Waals surface area contributed by atoms with Crippen LogP contribution in [0.5, 0.6) is 0 Å². The summed E-state index contributed by atoms with van der Waals surface area (Å²) >= 11 is 0. The minimum absolute atomic E-state index is 0.274. The van der Waals surface area contributed by atoms with Crippen LogP contribution in [0.1, 0.15) is 22.4 Å². The van der Waals surface area contributed by atoms with E-state index in [1.807, 2.05) is 139 Å². The van der Waals surface area contributed by atoms with E-state index in [1.165, 1.54) is 18.5 Å². The molecule has 93 heavy (non-hydrogen) atoms. The summed E-state index contributed by atoms with van der Waals surface area (Å²) in [7, 11) is -3.31. The summed E-state index contributed by atoms with van der Waals surface area (Å²) in [5.74, 6) is 27.7. The highest BCUT2D eigenvalue weighted by atomic mass is 32.2.